The molecule has 0 saturated carbocycles. The molecular weight excluding hydrogens is 352 g/mol. The number of Topliss-reactive ketones (excluding diaryl/α,β-unsaturated/α-hetero) is 1. The second kappa shape index (κ2) is 5.79. The third-order valence-electron chi connectivity index (χ3n) is 4.98. The van der Waals surface area contributed by atoms with Gasteiger partial charge in [0.15, 0.2) is 17.3 Å². The van der Waals surface area contributed by atoms with Crippen molar-refractivity contribution in [3.8, 4) is 28.7 Å². The number of aromatic hydroxyl groups is 3. The van der Waals surface area contributed by atoms with Gasteiger partial charge in [-0.1, -0.05) is 0 Å². The Bertz CT molecular complexity index is 942. The molecule has 2 aliphatic heterocycles. The summed E-state index contributed by atoms with van der Waals surface area (Å²) in [6.45, 7) is 3.28. The first-order chi connectivity index (χ1) is 12.6. The van der Waals surface area contributed by atoms with Gasteiger partial charge >= 0.3 is 0 Å². The molecule has 0 aromatic heterocycles. The van der Waals surface area contributed by atoms with Crippen LogP contribution in [0.5, 0.6) is 28.7 Å². The maximum Gasteiger partial charge on any atom is 0.174 e. The molecule has 0 amide bonds. The largest absolute Gasteiger partial charge is 0.508 e. The molecule has 4 rings (SSSR count). The van der Waals surface area contributed by atoms with Gasteiger partial charge in [-0.05, 0) is 31.5 Å². The second-order valence-electron chi connectivity index (χ2n) is 7.56. The SMILES string of the molecule is CC(C)(O)C1Cc2cc(C3CC(=O)c4c(O)cc(O)cc4O3)cc(O)c2O1. The molecule has 2 aromatic rings. The predicted molar refractivity (Wildman–Crippen MR) is 94.6 cm³/mol. The number of phenols is 3. The highest BCUT2D eigenvalue weighted by atomic mass is 16.5. The highest BCUT2D eigenvalue weighted by Crippen LogP contribution is 2.45. The lowest BCUT2D eigenvalue weighted by atomic mass is 9.92. The Morgan fingerprint density at radius 3 is 2.44 bits per heavy atom. The number of ether oxygens (including phenoxy) is 2. The summed E-state index contributed by atoms with van der Waals surface area (Å²) in [6.07, 6.45) is -0.765. The summed E-state index contributed by atoms with van der Waals surface area (Å²) in [5, 5.41) is 40.1. The molecular formula is C20H20O7. The van der Waals surface area contributed by atoms with Gasteiger partial charge < -0.3 is 29.9 Å². The van der Waals surface area contributed by atoms with Crippen molar-refractivity contribution in [1.29, 1.82) is 0 Å². The van der Waals surface area contributed by atoms with Gasteiger partial charge in [-0.2, -0.15) is 0 Å². The normalized spacial score (nSPS) is 21.2. The Labute approximate surface area is 155 Å². The Balaban J connectivity index is 1.68. The number of ketones is 1. The van der Waals surface area contributed by atoms with Crippen LogP contribution in [-0.4, -0.2) is 37.9 Å². The van der Waals surface area contributed by atoms with E-state index in [1.807, 2.05) is 0 Å². The summed E-state index contributed by atoms with van der Waals surface area (Å²) in [5.74, 6) is -0.521. The number of benzene rings is 2. The summed E-state index contributed by atoms with van der Waals surface area (Å²) in [5.41, 5.74) is 0.266. The van der Waals surface area contributed by atoms with E-state index in [0.29, 0.717) is 17.7 Å². The van der Waals surface area contributed by atoms with E-state index in [-0.39, 0.29) is 40.8 Å². The van der Waals surface area contributed by atoms with Crippen LogP contribution >= 0.6 is 0 Å². The zero-order valence-corrected chi connectivity index (χ0v) is 14.9. The number of rotatable bonds is 2. The first-order valence-electron chi connectivity index (χ1n) is 8.64. The highest BCUT2D eigenvalue weighted by Gasteiger charge is 2.38. The van der Waals surface area contributed by atoms with Crippen molar-refractivity contribution in [2.45, 2.75) is 44.5 Å². The van der Waals surface area contributed by atoms with Crippen molar-refractivity contribution in [3.05, 3.63) is 41.0 Å². The third kappa shape index (κ3) is 2.94. The molecule has 0 fully saturated rings. The van der Waals surface area contributed by atoms with E-state index in [1.165, 1.54) is 12.1 Å². The van der Waals surface area contributed by atoms with Crippen molar-refractivity contribution < 1.29 is 34.7 Å². The van der Waals surface area contributed by atoms with Gasteiger partial charge in [0.05, 0.1) is 12.0 Å². The van der Waals surface area contributed by atoms with Crippen LogP contribution in [0.4, 0.5) is 0 Å². The van der Waals surface area contributed by atoms with E-state index in [1.54, 1.807) is 19.9 Å². The Hall–Kier alpha value is -2.93. The second-order valence-corrected chi connectivity index (χ2v) is 7.56. The van der Waals surface area contributed by atoms with Gasteiger partial charge in [0.25, 0.3) is 0 Å². The highest BCUT2D eigenvalue weighted by molar-refractivity contribution is 6.02. The van der Waals surface area contributed by atoms with Crippen LogP contribution in [0.3, 0.4) is 0 Å². The lowest BCUT2D eigenvalue weighted by Gasteiger charge is -2.26. The number of hydrogen-bond donors (Lipinski definition) is 4. The molecule has 0 spiro atoms. The van der Waals surface area contributed by atoms with E-state index in [9.17, 15) is 25.2 Å². The lowest BCUT2D eigenvalue weighted by Crippen LogP contribution is -2.39. The van der Waals surface area contributed by atoms with Gasteiger partial charge in [-0.25, -0.2) is 0 Å². The van der Waals surface area contributed by atoms with Crippen LogP contribution < -0.4 is 9.47 Å². The van der Waals surface area contributed by atoms with E-state index in [2.05, 4.69) is 0 Å². The van der Waals surface area contributed by atoms with Crippen molar-refractivity contribution in [3.63, 3.8) is 0 Å². The van der Waals surface area contributed by atoms with Crippen molar-refractivity contribution in [2.24, 2.45) is 0 Å². The minimum absolute atomic E-state index is 0.0145. The number of aliphatic hydroxyl groups is 1. The zero-order valence-electron chi connectivity index (χ0n) is 14.9. The van der Waals surface area contributed by atoms with Crippen LogP contribution in [0.2, 0.25) is 0 Å². The summed E-state index contributed by atoms with van der Waals surface area (Å²) < 4.78 is 11.5. The molecule has 2 heterocycles. The molecule has 0 radical (unpaired) electrons. The van der Waals surface area contributed by atoms with Gasteiger partial charge in [-0.15, -0.1) is 0 Å². The monoisotopic (exact) mass is 372 g/mol. The molecule has 0 aliphatic carbocycles. The number of carbonyl (C=O) groups excluding carboxylic acids is 1. The van der Waals surface area contributed by atoms with Gasteiger partial charge in [-0.3, -0.25) is 4.79 Å². The summed E-state index contributed by atoms with van der Waals surface area (Å²) in [6, 6.07) is 5.62. The summed E-state index contributed by atoms with van der Waals surface area (Å²) >= 11 is 0. The van der Waals surface area contributed by atoms with Crippen LogP contribution in [0.15, 0.2) is 24.3 Å². The standard InChI is InChI=1S/C20H20O7/c1-20(2,25)17-5-10-3-9(4-14(24)19(10)27-17)15-8-13(23)18-12(22)6-11(21)7-16(18)26-15/h3-4,6-7,15,17,21-22,24-25H,5,8H2,1-2H3. The number of phenolic OH excluding ortho intramolecular Hbond substituents is 3. The Morgan fingerprint density at radius 1 is 1.00 bits per heavy atom. The average Bonchev–Trinajstić information content (AvgIpc) is 2.98. The van der Waals surface area contributed by atoms with Crippen LogP contribution in [-0.2, 0) is 6.42 Å². The zero-order chi connectivity index (χ0) is 19.5. The van der Waals surface area contributed by atoms with E-state index in [4.69, 9.17) is 9.47 Å². The maximum atomic E-state index is 12.5. The Morgan fingerprint density at radius 2 is 1.74 bits per heavy atom. The fraction of sp³-hybridized carbons (Fsp3) is 0.350. The first kappa shape index (κ1) is 17.5. The van der Waals surface area contributed by atoms with Gasteiger partial charge in [0.1, 0.15) is 35.0 Å². The van der Waals surface area contributed by atoms with Crippen LogP contribution in [0.25, 0.3) is 0 Å². The molecule has 27 heavy (non-hydrogen) atoms. The molecule has 4 N–H and O–H groups in total. The minimum Gasteiger partial charge on any atom is -0.508 e. The molecule has 7 nitrogen and oxygen atoms in total. The molecule has 2 unspecified atom stereocenters. The first-order valence-corrected chi connectivity index (χ1v) is 8.64. The number of hydrogen-bond acceptors (Lipinski definition) is 7. The number of carbonyl (C=O) groups is 1. The summed E-state index contributed by atoms with van der Waals surface area (Å²) in [4.78, 5) is 12.5. The third-order valence-corrected chi connectivity index (χ3v) is 4.98. The fourth-order valence-corrected chi connectivity index (χ4v) is 3.56. The number of fused-ring (bicyclic) bond motifs is 2. The predicted octanol–water partition coefficient (Wildman–Crippen LogP) is 2.58. The van der Waals surface area contributed by atoms with E-state index < -0.39 is 17.8 Å². The van der Waals surface area contributed by atoms with E-state index >= 15 is 0 Å². The van der Waals surface area contributed by atoms with Crippen molar-refractivity contribution in [2.75, 3.05) is 0 Å². The molecule has 142 valence electrons. The summed E-state index contributed by atoms with van der Waals surface area (Å²) in [7, 11) is 0. The molecule has 2 aromatic carbocycles. The molecule has 0 saturated heterocycles. The van der Waals surface area contributed by atoms with Gasteiger partial charge in [0.2, 0.25) is 0 Å². The van der Waals surface area contributed by atoms with E-state index in [0.717, 1.165) is 11.6 Å². The molecule has 2 atom stereocenters. The average molecular weight is 372 g/mol. The fourth-order valence-electron chi connectivity index (χ4n) is 3.56. The topological polar surface area (TPSA) is 116 Å². The smallest absolute Gasteiger partial charge is 0.174 e. The minimum atomic E-state index is -1.07. The Kier molecular flexibility index (Phi) is 3.75. The molecule has 2 aliphatic rings. The lowest BCUT2D eigenvalue weighted by molar-refractivity contribution is -0.0235. The maximum absolute atomic E-state index is 12.5. The molecule has 0 bridgehead atoms. The van der Waals surface area contributed by atoms with Crippen molar-refractivity contribution >= 4 is 5.78 Å². The van der Waals surface area contributed by atoms with Crippen molar-refractivity contribution in [1.82, 2.24) is 0 Å². The molecule has 7 heteroatoms. The van der Waals surface area contributed by atoms with Crippen LogP contribution in [0, 0.1) is 0 Å². The van der Waals surface area contributed by atoms with Crippen LogP contribution in [0.1, 0.15) is 47.9 Å². The van der Waals surface area contributed by atoms with Gasteiger partial charge in [0, 0.05) is 24.1 Å². The quantitative estimate of drug-likeness (QED) is 0.640.